The normalized spacial score (nSPS) is 19.7. The maximum atomic E-state index is 13.2. The number of aromatic nitrogens is 4. The van der Waals surface area contributed by atoms with E-state index in [0.29, 0.717) is 23.0 Å². The summed E-state index contributed by atoms with van der Waals surface area (Å²) in [6, 6.07) is 4.55. The molecule has 0 aliphatic carbocycles. The Labute approximate surface area is 158 Å². The summed E-state index contributed by atoms with van der Waals surface area (Å²) in [6.07, 6.45) is 0.510. The lowest BCUT2D eigenvalue weighted by atomic mass is 9.97. The van der Waals surface area contributed by atoms with E-state index in [1.807, 2.05) is 0 Å². The zero-order chi connectivity index (χ0) is 19.9. The molecule has 0 amide bonds. The SMILES string of the molecule is CC(O)(c1ccc2ncc(-c3ccnc(NC4CCNC4)n3)n2c1)C(F)(F)F. The molecule has 3 aromatic heterocycles. The van der Waals surface area contributed by atoms with Gasteiger partial charge in [0.05, 0.1) is 17.6 Å². The van der Waals surface area contributed by atoms with Crippen molar-refractivity contribution in [1.29, 1.82) is 0 Å². The average Bonchev–Trinajstić information content (AvgIpc) is 3.30. The van der Waals surface area contributed by atoms with Crippen molar-refractivity contribution in [2.45, 2.75) is 31.2 Å². The van der Waals surface area contributed by atoms with Crippen molar-refractivity contribution >= 4 is 11.6 Å². The number of nitrogens with one attached hydrogen (secondary N) is 2. The summed E-state index contributed by atoms with van der Waals surface area (Å²) < 4.78 is 41.1. The molecular weight excluding hydrogens is 373 g/mol. The molecule has 148 valence electrons. The number of alkyl halides is 3. The minimum atomic E-state index is -4.80. The number of fused-ring (bicyclic) bond motifs is 1. The van der Waals surface area contributed by atoms with Crippen LogP contribution in [0.5, 0.6) is 0 Å². The van der Waals surface area contributed by atoms with Crippen LogP contribution < -0.4 is 10.6 Å². The van der Waals surface area contributed by atoms with Crippen LogP contribution in [-0.4, -0.2) is 49.8 Å². The standard InChI is InChI=1S/C18H19F3N6O/c1-17(28,18(19,20)21)11-2-3-15-24-9-14(27(15)10-11)13-5-7-23-16(26-13)25-12-4-6-22-8-12/h2-3,5,7,9-10,12,22,28H,4,6,8H2,1H3,(H,23,25,26). The lowest BCUT2D eigenvalue weighted by molar-refractivity contribution is -0.259. The quantitative estimate of drug-likeness (QED) is 0.632. The maximum absolute atomic E-state index is 13.2. The number of anilines is 1. The molecule has 1 aliphatic heterocycles. The second-order valence-corrected chi connectivity index (χ2v) is 6.96. The summed E-state index contributed by atoms with van der Waals surface area (Å²) in [7, 11) is 0. The van der Waals surface area contributed by atoms with E-state index in [9.17, 15) is 18.3 Å². The number of pyridine rings is 1. The molecule has 10 heteroatoms. The van der Waals surface area contributed by atoms with Gasteiger partial charge in [0.15, 0.2) is 5.60 Å². The molecule has 0 aromatic carbocycles. The molecule has 3 aromatic rings. The molecule has 4 rings (SSSR count). The van der Waals surface area contributed by atoms with Gasteiger partial charge in [-0.3, -0.25) is 4.40 Å². The van der Waals surface area contributed by atoms with E-state index in [2.05, 4.69) is 25.6 Å². The van der Waals surface area contributed by atoms with Crippen molar-refractivity contribution in [2.75, 3.05) is 18.4 Å². The highest BCUT2D eigenvalue weighted by atomic mass is 19.4. The summed E-state index contributed by atoms with van der Waals surface area (Å²) in [4.78, 5) is 12.9. The van der Waals surface area contributed by atoms with E-state index >= 15 is 0 Å². The van der Waals surface area contributed by atoms with Gasteiger partial charge in [0.25, 0.3) is 0 Å². The van der Waals surface area contributed by atoms with Gasteiger partial charge in [-0.1, -0.05) is 6.07 Å². The molecule has 1 saturated heterocycles. The first-order chi connectivity index (χ1) is 13.3. The van der Waals surface area contributed by atoms with Crippen LogP contribution in [0.4, 0.5) is 19.1 Å². The molecule has 1 fully saturated rings. The number of hydrogen-bond donors (Lipinski definition) is 3. The third kappa shape index (κ3) is 3.29. The fraction of sp³-hybridized carbons (Fsp3) is 0.389. The van der Waals surface area contributed by atoms with E-state index in [1.54, 1.807) is 12.3 Å². The molecule has 4 heterocycles. The van der Waals surface area contributed by atoms with Crippen LogP contribution in [0, 0.1) is 0 Å². The van der Waals surface area contributed by atoms with Crippen molar-refractivity contribution in [3.8, 4) is 11.4 Å². The molecule has 0 radical (unpaired) electrons. The van der Waals surface area contributed by atoms with Gasteiger partial charge < -0.3 is 15.7 Å². The lowest BCUT2D eigenvalue weighted by Crippen LogP contribution is -2.39. The van der Waals surface area contributed by atoms with Crippen LogP contribution >= 0.6 is 0 Å². The van der Waals surface area contributed by atoms with Crippen LogP contribution in [0.2, 0.25) is 0 Å². The van der Waals surface area contributed by atoms with Crippen LogP contribution in [0.25, 0.3) is 17.0 Å². The van der Waals surface area contributed by atoms with E-state index in [-0.39, 0.29) is 11.6 Å². The molecule has 3 N–H and O–H groups in total. The molecule has 28 heavy (non-hydrogen) atoms. The van der Waals surface area contributed by atoms with Gasteiger partial charge in [0.1, 0.15) is 5.65 Å². The van der Waals surface area contributed by atoms with Gasteiger partial charge >= 0.3 is 6.18 Å². The fourth-order valence-electron chi connectivity index (χ4n) is 3.15. The first-order valence-electron chi connectivity index (χ1n) is 8.83. The maximum Gasteiger partial charge on any atom is 0.421 e. The second kappa shape index (κ2) is 6.71. The van der Waals surface area contributed by atoms with Crippen molar-refractivity contribution in [3.63, 3.8) is 0 Å². The first kappa shape index (κ1) is 18.6. The Morgan fingerprint density at radius 2 is 2.07 bits per heavy atom. The lowest BCUT2D eigenvalue weighted by Gasteiger charge is -2.26. The van der Waals surface area contributed by atoms with Gasteiger partial charge in [0.2, 0.25) is 5.95 Å². The van der Waals surface area contributed by atoms with Gasteiger partial charge in [-0.25, -0.2) is 15.0 Å². The molecule has 0 bridgehead atoms. The van der Waals surface area contributed by atoms with Crippen LogP contribution in [0.15, 0.2) is 36.8 Å². The molecule has 1 aliphatic rings. The Morgan fingerprint density at radius 3 is 2.79 bits per heavy atom. The first-order valence-corrected chi connectivity index (χ1v) is 8.83. The van der Waals surface area contributed by atoms with E-state index in [4.69, 9.17) is 0 Å². The summed E-state index contributed by atoms with van der Waals surface area (Å²) >= 11 is 0. The van der Waals surface area contributed by atoms with Crippen LogP contribution in [0.3, 0.4) is 0 Å². The number of imidazole rings is 1. The zero-order valence-corrected chi connectivity index (χ0v) is 15.0. The summed E-state index contributed by atoms with van der Waals surface area (Å²) in [5.74, 6) is 0.444. The van der Waals surface area contributed by atoms with Crippen molar-refractivity contribution in [2.24, 2.45) is 0 Å². The minimum Gasteiger partial charge on any atom is -0.376 e. The van der Waals surface area contributed by atoms with Crippen molar-refractivity contribution in [1.82, 2.24) is 24.7 Å². The number of hydrogen-bond acceptors (Lipinski definition) is 6. The number of aliphatic hydroxyl groups is 1. The molecule has 0 spiro atoms. The summed E-state index contributed by atoms with van der Waals surface area (Å²) in [5.41, 5.74) is -1.79. The van der Waals surface area contributed by atoms with Gasteiger partial charge in [-0.05, 0) is 32.0 Å². The average molecular weight is 392 g/mol. The number of nitrogens with zero attached hydrogens (tertiary/aromatic N) is 4. The number of halogens is 3. The zero-order valence-electron chi connectivity index (χ0n) is 15.0. The second-order valence-electron chi connectivity index (χ2n) is 6.96. The van der Waals surface area contributed by atoms with Crippen LogP contribution in [0.1, 0.15) is 18.9 Å². The largest absolute Gasteiger partial charge is 0.421 e. The van der Waals surface area contributed by atoms with Gasteiger partial charge in [-0.15, -0.1) is 0 Å². The number of rotatable bonds is 4. The van der Waals surface area contributed by atoms with Crippen LogP contribution in [-0.2, 0) is 5.60 Å². The molecular formula is C18H19F3N6O. The topological polar surface area (TPSA) is 87.4 Å². The highest BCUT2D eigenvalue weighted by molar-refractivity contribution is 5.61. The van der Waals surface area contributed by atoms with E-state index in [0.717, 1.165) is 26.4 Å². The molecule has 7 nitrogen and oxygen atoms in total. The molecule has 2 atom stereocenters. The minimum absolute atomic E-state index is 0.228. The highest BCUT2D eigenvalue weighted by Gasteiger charge is 2.51. The molecule has 0 saturated carbocycles. The Hall–Kier alpha value is -2.72. The Kier molecular flexibility index (Phi) is 4.47. The summed E-state index contributed by atoms with van der Waals surface area (Å²) in [6.45, 7) is 2.47. The van der Waals surface area contributed by atoms with Gasteiger partial charge in [-0.2, -0.15) is 13.2 Å². The Bertz CT molecular complexity index is 994. The smallest absolute Gasteiger partial charge is 0.376 e. The predicted molar refractivity (Wildman–Crippen MR) is 96.7 cm³/mol. The van der Waals surface area contributed by atoms with Crippen molar-refractivity contribution in [3.05, 3.63) is 42.4 Å². The third-order valence-corrected chi connectivity index (χ3v) is 4.93. The highest BCUT2D eigenvalue weighted by Crippen LogP contribution is 2.38. The monoisotopic (exact) mass is 392 g/mol. The molecule has 2 unspecified atom stereocenters. The van der Waals surface area contributed by atoms with E-state index in [1.165, 1.54) is 28.9 Å². The van der Waals surface area contributed by atoms with Gasteiger partial charge in [0, 0.05) is 30.5 Å². The third-order valence-electron chi connectivity index (χ3n) is 4.93. The Morgan fingerprint density at radius 1 is 1.25 bits per heavy atom. The predicted octanol–water partition coefficient (Wildman–Crippen LogP) is 2.33. The van der Waals surface area contributed by atoms with E-state index < -0.39 is 11.8 Å². The Balaban J connectivity index is 1.72. The fourth-order valence-corrected chi connectivity index (χ4v) is 3.15. The van der Waals surface area contributed by atoms with Crippen molar-refractivity contribution < 1.29 is 18.3 Å². The summed E-state index contributed by atoms with van der Waals surface area (Å²) in [5, 5.41) is 16.5.